The molecule has 0 aromatic carbocycles. The zero-order chi connectivity index (χ0) is 10.3. The summed E-state index contributed by atoms with van der Waals surface area (Å²) >= 11 is 0. The Labute approximate surface area is 81.2 Å². The minimum absolute atomic E-state index is 0.0935. The van der Waals surface area contributed by atoms with Crippen molar-refractivity contribution in [2.24, 2.45) is 5.41 Å². The summed E-state index contributed by atoms with van der Waals surface area (Å²) in [5, 5.41) is 10.4. The van der Waals surface area contributed by atoms with Gasteiger partial charge in [0, 0.05) is 6.42 Å². The molecule has 1 aliphatic rings. The summed E-state index contributed by atoms with van der Waals surface area (Å²) < 4.78 is 0. The lowest BCUT2D eigenvalue weighted by Gasteiger charge is -2.40. The molecule has 0 aromatic heterocycles. The van der Waals surface area contributed by atoms with E-state index in [2.05, 4.69) is 33.8 Å². The van der Waals surface area contributed by atoms with Crippen LogP contribution in [0, 0.1) is 5.41 Å². The Morgan fingerprint density at radius 1 is 1.31 bits per heavy atom. The van der Waals surface area contributed by atoms with Crippen molar-refractivity contribution in [1.29, 1.82) is 0 Å². The minimum atomic E-state index is -0.671. The van der Waals surface area contributed by atoms with E-state index in [-0.39, 0.29) is 5.41 Å². The average molecular weight is 180 g/mol. The van der Waals surface area contributed by atoms with Crippen molar-refractivity contribution in [3.63, 3.8) is 0 Å². The molecule has 0 saturated heterocycles. The lowest BCUT2D eigenvalue weighted by atomic mass is 9.70. The maximum absolute atomic E-state index is 10.4. The summed E-state index contributed by atoms with van der Waals surface area (Å²) in [4.78, 5) is 0. The Kier molecular flexibility index (Phi) is 2.42. The van der Waals surface area contributed by atoms with Gasteiger partial charge < -0.3 is 5.11 Å². The second kappa shape index (κ2) is 2.98. The Balaban J connectivity index is 3.04. The molecular weight excluding hydrogens is 160 g/mol. The van der Waals surface area contributed by atoms with Crippen molar-refractivity contribution in [3.05, 3.63) is 23.3 Å². The highest BCUT2D eigenvalue weighted by Gasteiger charge is 2.39. The lowest BCUT2D eigenvalue weighted by molar-refractivity contribution is -0.0148. The van der Waals surface area contributed by atoms with Crippen LogP contribution in [0.3, 0.4) is 0 Å². The van der Waals surface area contributed by atoms with Gasteiger partial charge in [-0.3, -0.25) is 0 Å². The first kappa shape index (κ1) is 10.5. The van der Waals surface area contributed by atoms with Crippen LogP contribution in [-0.4, -0.2) is 10.7 Å². The number of rotatable bonds is 0. The lowest BCUT2D eigenvalue weighted by Crippen LogP contribution is -2.42. The summed E-state index contributed by atoms with van der Waals surface area (Å²) in [6.07, 6.45) is 4.88. The zero-order valence-electron chi connectivity index (χ0n) is 9.31. The van der Waals surface area contributed by atoms with Crippen LogP contribution < -0.4 is 0 Å². The van der Waals surface area contributed by atoms with E-state index in [1.54, 1.807) is 0 Å². The van der Waals surface area contributed by atoms with Crippen LogP contribution in [0.1, 0.15) is 41.0 Å². The van der Waals surface area contributed by atoms with Crippen LogP contribution in [0.4, 0.5) is 0 Å². The van der Waals surface area contributed by atoms with Crippen molar-refractivity contribution >= 4 is 0 Å². The summed E-state index contributed by atoms with van der Waals surface area (Å²) in [6, 6.07) is 0. The second-order valence-electron chi connectivity index (χ2n) is 5.23. The highest BCUT2D eigenvalue weighted by Crippen LogP contribution is 2.39. The zero-order valence-corrected chi connectivity index (χ0v) is 9.31. The third-order valence-electron chi connectivity index (χ3n) is 2.79. The SMILES string of the molecule is CC1=CC(O)(C(C)(C)C)CC(C)=C1. The first-order valence-corrected chi connectivity index (χ1v) is 4.84. The molecule has 0 aliphatic heterocycles. The molecule has 1 nitrogen and oxygen atoms in total. The first-order chi connectivity index (χ1) is 5.74. The van der Waals surface area contributed by atoms with Crippen molar-refractivity contribution < 1.29 is 5.11 Å². The van der Waals surface area contributed by atoms with Crippen LogP contribution in [-0.2, 0) is 0 Å². The fraction of sp³-hybridized carbons (Fsp3) is 0.667. The van der Waals surface area contributed by atoms with E-state index < -0.39 is 5.60 Å². The number of allylic oxidation sites excluding steroid dienone is 2. The van der Waals surface area contributed by atoms with Crippen molar-refractivity contribution in [3.8, 4) is 0 Å². The third kappa shape index (κ3) is 2.02. The van der Waals surface area contributed by atoms with E-state index in [1.165, 1.54) is 11.1 Å². The third-order valence-corrected chi connectivity index (χ3v) is 2.79. The van der Waals surface area contributed by atoms with E-state index in [0.717, 1.165) is 6.42 Å². The van der Waals surface area contributed by atoms with Gasteiger partial charge in [-0.25, -0.2) is 0 Å². The standard InChI is InChI=1S/C12H20O/c1-9-6-10(2)8-12(13,7-9)11(3,4)5/h6-7,13H,8H2,1-5H3. The largest absolute Gasteiger partial charge is 0.385 e. The Morgan fingerprint density at radius 2 is 1.85 bits per heavy atom. The molecule has 0 radical (unpaired) electrons. The molecule has 0 spiro atoms. The van der Waals surface area contributed by atoms with Gasteiger partial charge in [0.15, 0.2) is 0 Å². The van der Waals surface area contributed by atoms with E-state index in [0.29, 0.717) is 0 Å². The van der Waals surface area contributed by atoms with E-state index in [1.807, 2.05) is 13.0 Å². The topological polar surface area (TPSA) is 20.2 Å². The quantitative estimate of drug-likeness (QED) is 0.607. The molecule has 0 amide bonds. The Morgan fingerprint density at radius 3 is 2.23 bits per heavy atom. The molecule has 13 heavy (non-hydrogen) atoms. The van der Waals surface area contributed by atoms with Gasteiger partial charge in [0.05, 0.1) is 5.60 Å². The van der Waals surface area contributed by atoms with E-state index in [4.69, 9.17) is 0 Å². The van der Waals surface area contributed by atoms with E-state index in [9.17, 15) is 5.11 Å². The van der Waals surface area contributed by atoms with Gasteiger partial charge >= 0.3 is 0 Å². The van der Waals surface area contributed by atoms with Gasteiger partial charge in [-0.15, -0.1) is 0 Å². The summed E-state index contributed by atoms with van der Waals surface area (Å²) in [6.45, 7) is 10.4. The van der Waals surface area contributed by atoms with Crippen LogP contribution in [0.15, 0.2) is 23.3 Å². The molecule has 1 unspecified atom stereocenters. The summed E-state index contributed by atoms with van der Waals surface area (Å²) in [5.41, 5.74) is 1.67. The maximum Gasteiger partial charge on any atom is 0.0918 e. The summed E-state index contributed by atoms with van der Waals surface area (Å²) in [5.74, 6) is 0. The molecule has 1 atom stereocenters. The second-order valence-corrected chi connectivity index (χ2v) is 5.23. The van der Waals surface area contributed by atoms with E-state index >= 15 is 0 Å². The van der Waals surface area contributed by atoms with Gasteiger partial charge in [0.25, 0.3) is 0 Å². The fourth-order valence-electron chi connectivity index (χ4n) is 1.82. The Hall–Kier alpha value is -0.560. The van der Waals surface area contributed by atoms with Crippen molar-refractivity contribution in [2.45, 2.75) is 46.6 Å². The van der Waals surface area contributed by atoms with Crippen LogP contribution in [0.25, 0.3) is 0 Å². The van der Waals surface area contributed by atoms with Gasteiger partial charge in [-0.05, 0) is 25.3 Å². The molecule has 0 aromatic rings. The predicted molar refractivity (Wildman–Crippen MR) is 56.5 cm³/mol. The molecule has 1 aliphatic carbocycles. The normalized spacial score (nSPS) is 29.7. The van der Waals surface area contributed by atoms with Crippen LogP contribution in [0.5, 0.6) is 0 Å². The molecule has 0 heterocycles. The number of hydrogen-bond acceptors (Lipinski definition) is 1. The smallest absolute Gasteiger partial charge is 0.0918 e. The Bertz CT molecular complexity index is 265. The van der Waals surface area contributed by atoms with Crippen molar-refractivity contribution in [1.82, 2.24) is 0 Å². The number of aliphatic hydroxyl groups is 1. The maximum atomic E-state index is 10.4. The highest BCUT2D eigenvalue weighted by atomic mass is 16.3. The summed E-state index contributed by atoms with van der Waals surface area (Å²) in [7, 11) is 0. The van der Waals surface area contributed by atoms with Gasteiger partial charge in [0.2, 0.25) is 0 Å². The molecule has 0 bridgehead atoms. The van der Waals surface area contributed by atoms with Crippen LogP contribution >= 0.6 is 0 Å². The van der Waals surface area contributed by atoms with Crippen LogP contribution in [0.2, 0.25) is 0 Å². The predicted octanol–water partition coefficient (Wildman–Crippen LogP) is 3.06. The van der Waals surface area contributed by atoms with Crippen molar-refractivity contribution in [2.75, 3.05) is 0 Å². The molecule has 1 heteroatoms. The molecule has 1 rings (SSSR count). The molecule has 0 fully saturated rings. The fourth-order valence-corrected chi connectivity index (χ4v) is 1.82. The van der Waals surface area contributed by atoms with Gasteiger partial charge in [-0.1, -0.05) is 38.0 Å². The number of hydrogen-bond donors (Lipinski definition) is 1. The van der Waals surface area contributed by atoms with Gasteiger partial charge in [-0.2, -0.15) is 0 Å². The molecule has 0 saturated carbocycles. The average Bonchev–Trinajstić information content (AvgIpc) is 1.79. The monoisotopic (exact) mass is 180 g/mol. The molecular formula is C12H20O. The van der Waals surface area contributed by atoms with Gasteiger partial charge in [0.1, 0.15) is 0 Å². The highest BCUT2D eigenvalue weighted by molar-refractivity contribution is 5.32. The first-order valence-electron chi connectivity index (χ1n) is 4.84. The molecule has 74 valence electrons. The molecule has 1 N–H and O–H groups in total. The minimum Gasteiger partial charge on any atom is -0.385 e.